The minimum absolute atomic E-state index is 0.176. The van der Waals surface area contributed by atoms with E-state index in [0.717, 1.165) is 51.9 Å². The van der Waals surface area contributed by atoms with E-state index in [2.05, 4.69) is 32.6 Å². The lowest BCUT2D eigenvalue weighted by Gasteiger charge is -2.40. The molecule has 1 fully saturated rings. The molecular formula is C22H38N2O2. The van der Waals surface area contributed by atoms with Crippen molar-refractivity contribution in [1.29, 1.82) is 0 Å². The maximum absolute atomic E-state index is 12.3. The first-order valence-corrected chi connectivity index (χ1v) is 10.4. The van der Waals surface area contributed by atoms with Gasteiger partial charge in [0.05, 0.1) is 6.04 Å². The highest BCUT2D eigenvalue weighted by molar-refractivity contribution is 5.68. The molecule has 0 bridgehead atoms. The monoisotopic (exact) mass is 362 g/mol. The molecule has 0 saturated carbocycles. The number of nitrogens with zero attached hydrogens (tertiary/aromatic N) is 2. The van der Waals surface area contributed by atoms with Crippen molar-refractivity contribution in [3.05, 3.63) is 22.3 Å². The van der Waals surface area contributed by atoms with Gasteiger partial charge in [-0.3, -0.25) is 4.90 Å². The third-order valence-electron chi connectivity index (χ3n) is 5.60. The fourth-order valence-electron chi connectivity index (χ4n) is 4.55. The smallest absolute Gasteiger partial charge is 0.410 e. The van der Waals surface area contributed by atoms with Gasteiger partial charge in [-0.05, 0) is 68.7 Å². The lowest BCUT2D eigenvalue weighted by molar-refractivity contribution is 0.0130. The second-order valence-corrected chi connectivity index (χ2v) is 8.33. The Morgan fingerprint density at radius 1 is 0.885 bits per heavy atom. The molecule has 0 aromatic heterocycles. The number of amides is 1. The minimum Gasteiger partial charge on any atom is -0.444 e. The summed E-state index contributed by atoms with van der Waals surface area (Å²) in [4.78, 5) is 16.8. The van der Waals surface area contributed by atoms with Crippen LogP contribution in [0.4, 0.5) is 4.79 Å². The molecular weight excluding hydrogens is 324 g/mol. The van der Waals surface area contributed by atoms with Gasteiger partial charge in [0.1, 0.15) is 5.60 Å². The Labute approximate surface area is 160 Å². The van der Waals surface area contributed by atoms with Crippen molar-refractivity contribution >= 4 is 6.09 Å². The maximum Gasteiger partial charge on any atom is 0.410 e. The average molecular weight is 363 g/mol. The summed E-state index contributed by atoms with van der Waals surface area (Å²) in [5, 5.41) is 0. The third-order valence-corrected chi connectivity index (χ3v) is 5.60. The summed E-state index contributed by atoms with van der Waals surface area (Å²) in [6.07, 6.45) is 4.32. The second kappa shape index (κ2) is 8.60. The molecule has 0 atom stereocenters. The van der Waals surface area contributed by atoms with Crippen molar-refractivity contribution in [2.24, 2.45) is 0 Å². The number of allylic oxidation sites excluding steroid dienone is 2. The van der Waals surface area contributed by atoms with Crippen LogP contribution >= 0.6 is 0 Å². The zero-order valence-electron chi connectivity index (χ0n) is 17.9. The summed E-state index contributed by atoms with van der Waals surface area (Å²) in [5.74, 6) is 0. The van der Waals surface area contributed by atoms with Gasteiger partial charge in [-0.2, -0.15) is 0 Å². The predicted molar refractivity (Wildman–Crippen MR) is 108 cm³/mol. The van der Waals surface area contributed by atoms with Crippen LogP contribution in [0.25, 0.3) is 0 Å². The maximum atomic E-state index is 12.3. The molecule has 0 spiro atoms. The van der Waals surface area contributed by atoms with Crippen LogP contribution in [0.15, 0.2) is 22.3 Å². The van der Waals surface area contributed by atoms with Crippen LogP contribution in [0.5, 0.6) is 0 Å². The summed E-state index contributed by atoms with van der Waals surface area (Å²) < 4.78 is 5.54. The lowest BCUT2D eigenvalue weighted by Crippen LogP contribution is -2.53. The molecule has 1 amide bonds. The van der Waals surface area contributed by atoms with Gasteiger partial charge in [0.2, 0.25) is 0 Å². The van der Waals surface area contributed by atoms with Crippen molar-refractivity contribution in [1.82, 2.24) is 9.80 Å². The number of rotatable bonds is 5. The van der Waals surface area contributed by atoms with Gasteiger partial charge in [-0.25, -0.2) is 4.79 Å². The zero-order chi connectivity index (χ0) is 19.5. The topological polar surface area (TPSA) is 32.8 Å². The van der Waals surface area contributed by atoms with E-state index in [1.165, 1.54) is 0 Å². The van der Waals surface area contributed by atoms with E-state index in [1.54, 1.807) is 22.3 Å². The number of hydrogen-bond donors (Lipinski definition) is 0. The molecule has 1 aliphatic carbocycles. The van der Waals surface area contributed by atoms with E-state index >= 15 is 0 Å². The fourth-order valence-corrected chi connectivity index (χ4v) is 4.55. The second-order valence-electron chi connectivity index (χ2n) is 8.33. The van der Waals surface area contributed by atoms with Gasteiger partial charge in [-0.15, -0.1) is 0 Å². The molecule has 0 aromatic carbocycles. The minimum atomic E-state index is -0.429. The Morgan fingerprint density at radius 2 is 1.35 bits per heavy atom. The Hall–Kier alpha value is -1.29. The first kappa shape index (κ1) is 21.0. The number of carbonyl (C=O) groups is 1. The molecule has 0 aromatic rings. The number of hydrogen-bond acceptors (Lipinski definition) is 3. The van der Waals surface area contributed by atoms with Crippen LogP contribution in [0.2, 0.25) is 0 Å². The molecule has 26 heavy (non-hydrogen) atoms. The molecule has 1 heterocycles. The molecule has 1 saturated heterocycles. The molecule has 0 unspecified atom stereocenters. The van der Waals surface area contributed by atoms with Crippen LogP contribution in [0.3, 0.4) is 0 Å². The molecule has 4 nitrogen and oxygen atoms in total. The van der Waals surface area contributed by atoms with Gasteiger partial charge >= 0.3 is 6.09 Å². The fraction of sp³-hybridized carbons (Fsp3) is 0.773. The lowest BCUT2D eigenvalue weighted by atomic mass is 9.96. The van der Waals surface area contributed by atoms with Crippen molar-refractivity contribution in [2.75, 3.05) is 26.2 Å². The highest BCUT2D eigenvalue weighted by atomic mass is 16.6. The zero-order valence-corrected chi connectivity index (χ0v) is 17.9. The Kier molecular flexibility index (Phi) is 6.95. The normalized spacial score (nSPS) is 20.3. The summed E-state index contributed by atoms with van der Waals surface area (Å²) >= 11 is 0. The Morgan fingerprint density at radius 3 is 1.69 bits per heavy atom. The van der Waals surface area contributed by atoms with Crippen LogP contribution in [-0.4, -0.2) is 53.7 Å². The molecule has 148 valence electrons. The summed E-state index contributed by atoms with van der Waals surface area (Å²) in [5.41, 5.74) is 6.01. The number of carbonyl (C=O) groups excluding carboxylic acids is 1. The van der Waals surface area contributed by atoms with E-state index in [0.29, 0.717) is 6.04 Å². The van der Waals surface area contributed by atoms with E-state index < -0.39 is 5.60 Å². The van der Waals surface area contributed by atoms with Crippen molar-refractivity contribution in [2.45, 2.75) is 85.8 Å². The highest BCUT2D eigenvalue weighted by Crippen LogP contribution is 2.42. The molecule has 2 aliphatic rings. The van der Waals surface area contributed by atoms with E-state index in [4.69, 9.17) is 4.74 Å². The summed E-state index contributed by atoms with van der Waals surface area (Å²) in [7, 11) is 0. The van der Waals surface area contributed by atoms with Crippen molar-refractivity contribution in [3.63, 3.8) is 0 Å². The standard InChI is InChI=1S/C22H38N2O2/c1-8-16-17(9-2)19(11-4)20(18(16)10-3)23-12-14-24(15-13-23)21(25)26-22(5,6)7/h20H,8-15H2,1-7H3. The molecule has 4 heteroatoms. The summed E-state index contributed by atoms with van der Waals surface area (Å²) in [6.45, 7) is 18.3. The number of piperazine rings is 1. The van der Waals surface area contributed by atoms with Gasteiger partial charge in [0.25, 0.3) is 0 Å². The Balaban J connectivity index is 2.13. The highest BCUT2D eigenvalue weighted by Gasteiger charge is 2.36. The van der Waals surface area contributed by atoms with Gasteiger partial charge < -0.3 is 9.64 Å². The summed E-state index contributed by atoms with van der Waals surface area (Å²) in [6, 6.07) is 0.454. The van der Waals surface area contributed by atoms with E-state index in [9.17, 15) is 4.79 Å². The predicted octanol–water partition coefficient (Wildman–Crippen LogP) is 5.15. The van der Waals surface area contributed by atoms with E-state index in [-0.39, 0.29) is 6.09 Å². The number of ether oxygens (including phenoxy) is 1. The first-order chi connectivity index (χ1) is 12.3. The Bertz CT molecular complexity index is 547. The van der Waals surface area contributed by atoms with Crippen molar-refractivity contribution < 1.29 is 9.53 Å². The molecule has 2 rings (SSSR count). The van der Waals surface area contributed by atoms with Gasteiger partial charge in [0, 0.05) is 26.2 Å². The van der Waals surface area contributed by atoms with Crippen LogP contribution in [0.1, 0.15) is 74.1 Å². The van der Waals surface area contributed by atoms with Crippen LogP contribution in [0, 0.1) is 0 Å². The first-order valence-electron chi connectivity index (χ1n) is 10.4. The van der Waals surface area contributed by atoms with Gasteiger partial charge in [-0.1, -0.05) is 27.7 Å². The van der Waals surface area contributed by atoms with Crippen LogP contribution < -0.4 is 0 Å². The van der Waals surface area contributed by atoms with Crippen molar-refractivity contribution in [3.8, 4) is 0 Å². The quantitative estimate of drug-likeness (QED) is 0.677. The molecule has 0 radical (unpaired) electrons. The average Bonchev–Trinajstić information content (AvgIpc) is 2.92. The van der Waals surface area contributed by atoms with E-state index in [1.807, 2.05) is 25.7 Å². The SMILES string of the molecule is CCC1=C(CC)C(N2CCN(C(=O)OC(C)(C)C)CC2)C(CC)=C1CC. The largest absolute Gasteiger partial charge is 0.444 e. The van der Waals surface area contributed by atoms with Gasteiger partial charge in [0.15, 0.2) is 0 Å². The third kappa shape index (κ3) is 4.33. The van der Waals surface area contributed by atoms with Crippen LogP contribution in [-0.2, 0) is 4.74 Å². The molecule has 1 aliphatic heterocycles. The molecule has 0 N–H and O–H groups in total.